The van der Waals surface area contributed by atoms with E-state index in [-0.39, 0.29) is 11.4 Å². The normalized spacial score (nSPS) is 12.6. The summed E-state index contributed by atoms with van der Waals surface area (Å²) >= 11 is 0. The van der Waals surface area contributed by atoms with Crippen LogP contribution in [-0.4, -0.2) is 34.6 Å². The Balaban J connectivity index is 2.90. The van der Waals surface area contributed by atoms with Gasteiger partial charge in [0, 0.05) is 18.8 Å². The number of aliphatic carboxylic acids is 1. The summed E-state index contributed by atoms with van der Waals surface area (Å²) in [5.74, 6) is -1.07. The van der Waals surface area contributed by atoms with Gasteiger partial charge in [0.25, 0.3) is 10.0 Å². The second kappa shape index (κ2) is 4.46. The molecule has 0 aromatic carbocycles. The van der Waals surface area contributed by atoms with Gasteiger partial charge in [0.2, 0.25) is 0 Å². The first kappa shape index (κ1) is 13.7. The van der Waals surface area contributed by atoms with Gasteiger partial charge in [0.1, 0.15) is 0 Å². The van der Waals surface area contributed by atoms with Crippen molar-refractivity contribution in [2.45, 2.75) is 30.8 Å². The van der Waals surface area contributed by atoms with E-state index in [0.29, 0.717) is 0 Å². The summed E-state index contributed by atoms with van der Waals surface area (Å²) in [4.78, 5) is 14.3. The number of carbonyl (C=O) groups is 1. The number of nitrogens with zero attached hydrogens (tertiary/aromatic N) is 2. The van der Waals surface area contributed by atoms with Crippen LogP contribution in [0.5, 0.6) is 0 Å². The maximum Gasteiger partial charge on any atom is 0.305 e. The Labute approximate surface area is 99.5 Å². The molecule has 0 atom stereocenters. The fraction of sp³-hybridized carbons (Fsp3) is 0.556. The van der Waals surface area contributed by atoms with Gasteiger partial charge in [-0.05, 0) is 13.8 Å². The molecule has 1 aromatic rings. The number of nitrogens with one attached hydrogen (secondary N) is 1. The monoisotopic (exact) mass is 261 g/mol. The van der Waals surface area contributed by atoms with Crippen molar-refractivity contribution in [2.24, 2.45) is 7.05 Å². The van der Waals surface area contributed by atoms with E-state index in [0.717, 1.165) is 0 Å². The average molecular weight is 261 g/mol. The van der Waals surface area contributed by atoms with E-state index in [9.17, 15) is 13.2 Å². The summed E-state index contributed by atoms with van der Waals surface area (Å²) in [6.45, 7) is 3.00. The Morgan fingerprint density at radius 3 is 2.59 bits per heavy atom. The zero-order valence-corrected chi connectivity index (χ0v) is 10.7. The van der Waals surface area contributed by atoms with E-state index >= 15 is 0 Å². The van der Waals surface area contributed by atoms with Crippen LogP contribution in [0.2, 0.25) is 0 Å². The third kappa shape index (κ3) is 3.82. The summed E-state index contributed by atoms with van der Waals surface area (Å²) in [7, 11) is -2.14. The van der Waals surface area contributed by atoms with Crippen LogP contribution in [0.25, 0.3) is 0 Å². The van der Waals surface area contributed by atoms with Crippen molar-refractivity contribution >= 4 is 16.0 Å². The van der Waals surface area contributed by atoms with Crippen LogP contribution in [0.3, 0.4) is 0 Å². The molecule has 0 fully saturated rings. The highest BCUT2D eigenvalue weighted by Gasteiger charge is 2.29. The van der Waals surface area contributed by atoms with Crippen molar-refractivity contribution in [1.82, 2.24) is 14.3 Å². The van der Waals surface area contributed by atoms with Crippen LogP contribution in [0.1, 0.15) is 20.3 Å². The van der Waals surface area contributed by atoms with Crippen molar-refractivity contribution in [1.29, 1.82) is 0 Å². The number of aromatic nitrogens is 2. The Morgan fingerprint density at radius 2 is 2.18 bits per heavy atom. The highest BCUT2D eigenvalue weighted by molar-refractivity contribution is 7.89. The zero-order valence-electron chi connectivity index (χ0n) is 9.84. The van der Waals surface area contributed by atoms with Crippen molar-refractivity contribution in [3.63, 3.8) is 0 Å². The maximum absolute atomic E-state index is 11.9. The number of rotatable bonds is 5. The van der Waals surface area contributed by atoms with Crippen molar-refractivity contribution in [2.75, 3.05) is 0 Å². The van der Waals surface area contributed by atoms with Crippen LogP contribution >= 0.6 is 0 Å². The predicted molar refractivity (Wildman–Crippen MR) is 59.9 cm³/mol. The van der Waals surface area contributed by atoms with Gasteiger partial charge in [0.15, 0.2) is 5.03 Å². The predicted octanol–water partition coefficient (Wildman–Crippen LogP) is -0.0483. The molecule has 17 heavy (non-hydrogen) atoms. The minimum atomic E-state index is -3.79. The first-order chi connectivity index (χ1) is 7.62. The third-order valence-electron chi connectivity index (χ3n) is 1.96. The second-order valence-corrected chi connectivity index (χ2v) is 6.07. The number of sulfonamides is 1. The third-order valence-corrected chi connectivity index (χ3v) is 3.54. The van der Waals surface area contributed by atoms with Gasteiger partial charge in [-0.15, -0.1) is 0 Å². The molecule has 0 spiro atoms. The highest BCUT2D eigenvalue weighted by atomic mass is 32.2. The Kier molecular flexibility index (Phi) is 3.58. The molecule has 0 unspecified atom stereocenters. The molecule has 1 aromatic heterocycles. The van der Waals surface area contributed by atoms with Gasteiger partial charge < -0.3 is 9.67 Å². The highest BCUT2D eigenvalue weighted by Crippen LogP contribution is 2.14. The van der Waals surface area contributed by atoms with E-state index in [1.165, 1.54) is 30.9 Å². The molecule has 0 saturated carbocycles. The van der Waals surface area contributed by atoms with Gasteiger partial charge in [-0.25, -0.2) is 18.1 Å². The fourth-order valence-electron chi connectivity index (χ4n) is 1.36. The van der Waals surface area contributed by atoms with Crippen LogP contribution < -0.4 is 4.72 Å². The Morgan fingerprint density at radius 1 is 1.59 bits per heavy atom. The lowest BCUT2D eigenvalue weighted by Gasteiger charge is -2.23. The molecule has 0 saturated heterocycles. The lowest BCUT2D eigenvalue weighted by molar-refractivity contribution is -0.138. The van der Waals surface area contributed by atoms with Crippen LogP contribution in [0.15, 0.2) is 17.6 Å². The number of hydrogen-bond acceptors (Lipinski definition) is 4. The lowest BCUT2D eigenvalue weighted by atomic mass is 10.0. The molecule has 0 bridgehead atoms. The summed E-state index contributed by atoms with van der Waals surface area (Å²) in [6, 6.07) is 0. The molecule has 0 amide bonds. The second-order valence-electron chi connectivity index (χ2n) is 4.44. The number of carboxylic acids is 1. The van der Waals surface area contributed by atoms with Gasteiger partial charge in [-0.1, -0.05) is 0 Å². The summed E-state index contributed by atoms with van der Waals surface area (Å²) < 4.78 is 27.5. The molecule has 1 rings (SSSR count). The first-order valence-electron chi connectivity index (χ1n) is 4.86. The molecular weight excluding hydrogens is 246 g/mol. The van der Waals surface area contributed by atoms with E-state index < -0.39 is 21.5 Å². The van der Waals surface area contributed by atoms with Crippen molar-refractivity contribution in [3.05, 3.63) is 12.5 Å². The SMILES string of the molecule is Cn1cnc(S(=O)(=O)NC(C)(C)CC(=O)O)c1. The minimum absolute atomic E-state index is 0.126. The standard InChI is InChI=1S/C9H15N3O4S/c1-9(2,4-8(13)14)11-17(15,16)7-5-12(3)6-10-7/h5-6,11H,4H2,1-3H3,(H,13,14). The first-order valence-corrected chi connectivity index (χ1v) is 6.34. The number of imidazole rings is 1. The maximum atomic E-state index is 11.9. The van der Waals surface area contributed by atoms with E-state index in [1.54, 1.807) is 7.05 Å². The Hall–Kier alpha value is -1.41. The van der Waals surface area contributed by atoms with Crippen LogP contribution in [0.4, 0.5) is 0 Å². The largest absolute Gasteiger partial charge is 0.481 e. The minimum Gasteiger partial charge on any atom is -0.481 e. The average Bonchev–Trinajstić information content (AvgIpc) is 2.46. The molecule has 2 N–H and O–H groups in total. The molecule has 0 aliphatic heterocycles. The smallest absolute Gasteiger partial charge is 0.305 e. The molecule has 96 valence electrons. The fourth-order valence-corrected chi connectivity index (χ4v) is 2.75. The van der Waals surface area contributed by atoms with Gasteiger partial charge in [-0.3, -0.25) is 4.79 Å². The number of carboxylic acid groups (broad SMARTS) is 1. The molecule has 7 nitrogen and oxygen atoms in total. The lowest BCUT2D eigenvalue weighted by Crippen LogP contribution is -2.44. The summed E-state index contributed by atoms with van der Waals surface area (Å²) in [5.41, 5.74) is -1.07. The summed E-state index contributed by atoms with van der Waals surface area (Å²) in [6.07, 6.45) is 2.40. The molecule has 0 aliphatic carbocycles. The van der Waals surface area contributed by atoms with E-state index in [1.807, 2.05) is 0 Å². The molecule has 0 radical (unpaired) electrons. The van der Waals surface area contributed by atoms with E-state index in [2.05, 4.69) is 9.71 Å². The van der Waals surface area contributed by atoms with Gasteiger partial charge in [0.05, 0.1) is 12.7 Å². The van der Waals surface area contributed by atoms with Crippen LogP contribution in [0, 0.1) is 0 Å². The zero-order chi connectivity index (χ0) is 13.3. The topological polar surface area (TPSA) is 101 Å². The van der Waals surface area contributed by atoms with Crippen LogP contribution in [-0.2, 0) is 21.9 Å². The number of hydrogen-bond donors (Lipinski definition) is 2. The molecule has 1 heterocycles. The van der Waals surface area contributed by atoms with Gasteiger partial charge >= 0.3 is 5.97 Å². The van der Waals surface area contributed by atoms with Gasteiger partial charge in [-0.2, -0.15) is 0 Å². The van der Waals surface area contributed by atoms with E-state index in [4.69, 9.17) is 5.11 Å². The number of aryl methyl sites for hydroxylation is 1. The quantitative estimate of drug-likeness (QED) is 0.774. The Bertz CT molecular complexity index is 518. The molecule has 8 heteroatoms. The summed E-state index contributed by atoms with van der Waals surface area (Å²) in [5, 5.41) is 8.54. The van der Waals surface area contributed by atoms with Crippen molar-refractivity contribution < 1.29 is 18.3 Å². The van der Waals surface area contributed by atoms with Crippen molar-refractivity contribution in [3.8, 4) is 0 Å². The molecule has 0 aliphatic rings. The molecular formula is C9H15N3O4S.